The minimum atomic E-state index is 0. The second kappa shape index (κ2) is 2.62. The molecule has 4 saturated carbocycles. The Hall–Kier alpha value is 0.250. The largest absolute Gasteiger partial charge is 0.330 e. The molecule has 0 amide bonds. The number of nitrogens with two attached hydrogens (primary N) is 1. The van der Waals surface area contributed by atoms with Crippen molar-refractivity contribution in [1.29, 1.82) is 0 Å². The van der Waals surface area contributed by atoms with Crippen LogP contribution in [-0.4, -0.2) is 6.54 Å². The maximum Gasteiger partial charge on any atom is -0.00177 e. The fraction of sp³-hybridized carbons (Fsp3) is 1.00. The van der Waals surface area contributed by atoms with E-state index in [0.29, 0.717) is 5.41 Å². The van der Waals surface area contributed by atoms with Crippen LogP contribution < -0.4 is 5.73 Å². The van der Waals surface area contributed by atoms with Crippen LogP contribution in [0.15, 0.2) is 0 Å². The zero-order valence-corrected chi connectivity index (χ0v) is 8.28. The van der Waals surface area contributed by atoms with Crippen LogP contribution in [0.2, 0.25) is 0 Å². The van der Waals surface area contributed by atoms with E-state index in [1.54, 1.807) is 0 Å². The average Bonchev–Trinajstić information content (AvgIpc) is 2.37. The van der Waals surface area contributed by atoms with Crippen LogP contribution in [0.1, 0.15) is 32.1 Å². The Kier molecular flexibility index (Phi) is 1.93. The Balaban J connectivity index is 0.000000563. The maximum absolute atomic E-state index is 5.89. The summed E-state index contributed by atoms with van der Waals surface area (Å²) in [5, 5.41) is 0. The number of halogens is 1. The molecule has 70 valence electrons. The molecular weight excluding hydrogens is 170 g/mol. The van der Waals surface area contributed by atoms with Gasteiger partial charge in [0.2, 0.25) is 0 Å². The molecule has 4 rings (SSSR count). The van der Waals surface area contributed by atoms with E-state index in [4.69, 9.17) is 5.73 Å². The van der Waals surface area contributed by atoms with Gasteiger partial charge >= 0.3 is 0 Å². The minimum Gasteiger partial charge on any atom is -0.330 e. The van der Waals surface area contributed by atoms with Gasteiger partial charge in [0, 0.05) is 0 Å². The van der Waals surface area contributed by atoms with Gasteiger partial charge in [-0.15, -0.1) is 12.4 Å². The van der Waals surface area contributed by atoms with Crippen molar-refractivity contribution in [2.75, 3.05) is 6.54 Å². The predicted octanol–water partition coefficient (Wildman–Crippen LogP) is 2.19. The van der Waals surface area contributed by atoms with Crippen molar-refractivity contribution in [3.8, 4) is 0 Å². The van der Waals surface area contributed by atoms with Gasteiger partial charge in [0.25, 0.3) is 0 Å². The number of rotatable bonds is 1. The van der Waals surface area contributed by atoms with E-state index in [0.717, 1.165) is 24.3 Å². The highest BCUT2D eigenvalue weighted by Gasteiger charge is 2.56. The van der Waals surface area contributed by atoms with Crippen LogP contribution in [0.3, 0.4) is 0 Å². The molecule has 0 radical (unpaired) electrons. The molecule has 0 spiro atoms. The molecular formula is C10H18ClN. The lowest BCUT2D eigenvalue weighted by molar-refractivity contribution is 0.209. The predicted molar refractivity (Wildman–Crippen MR) is 52.3 cm³/mol. The lowest BCUT2D eigenvalue weighted by Crippen LogP contribution is -2.31. The van der Waals surface area contributed by atoms with Gasteiger partial charge in [-0.25, -0.2) is 0 Å². The Morgan fingerprint density at radius 3 is 2.08 bits per heavy atom. The first-order chi connectivity index (χ1) is 5.32. The summed E-state index contributed by atoms with van der Waals surface area (Å²) in [6.07, 6.45) is 7.54. The molecule has 2 unspecified atom stereocenters. The standard InChI is InChI=1S/C10H17N.ClH/c11-6-10-4-7-1-8(5-10)3-9(10)2-7;/h7-9H,1-6,11H2;1H. The quantitative estimate of drug-likeness (QED) is 0.669. The van der Waals surface area contributed by atoms with Gasteiger partial charge in [-0.05, 0) is 61.8 Å². The Morgan fingerprint density at radius 2 is 1.67 bits per heavy atom. The molecule has 0 heterocycles. The molecule has 4 aliphatic carbocycles. The lowest BCUT2D eigenvalue weighted by atomic mass is 9.76. The monoisotopic (exact) mass is 187 g/mol. The zero-order valence-electron chi connectivity index (χ0n) is 7.46. The van der Waals surface area contributed by atoms with Gasteiger partial charge in [-0.1, -0.05) is 0 Å². The first-order valence-electron chi connectivity index (χ1n) is 5.02. The van der Waals surface area contributed by atoms with Crippen LogP contribution >= 0.6 is 12.4 Å². The average molecular weight is 188 g/mol. The normalized spacial score (nSPS) is 54.2. The smallest absolute Gasteiger partial charge is 0.00177 e. The SMILES string of the molecule is Cl.NCC12CC3CC(CC1C3)C2. The van der Waals surface area contributed by atoms with E-state index in [1.807, 2.05) is 0 Å². The van der Waals surface area contributed by atoms with Gasteiger partial charge in [0.15, 0.2) is 0 Å². The highest BCUT2D eigenvalue weighted by molar-refractivity contribution is 5.85. The molecule has 12 heavy (non-hydrogen) atoms. The molecule has 1 nitrogen and oxygen atoms in total. The topological polar surface area (TPSA) is 26.0 Å². The fourth-order valence-corrected chi connectivity index (χ4v) is 4.30. The van der Waals surface area contributed by atoms with Crippen molar-refractivity contribution in [3.05, 3.63) is 0 Å². The summed E-state index contributed by atoms with van der Waals surface area (Å²) in [6.45, 7) is 0.977. The summed E-state index contributed by atoms with van der Waals surface area (Å²) < 4.78 is 0. The van der Waals surface area contributed by atoms with E-state index in [2.05, 4.69) is 0 Å². The van der Waals surface area contributed by atoms with Crippen LogP contribution in [0.5, 0.6) is 0 Å². The number of hydrogen-bond acceptors (Lipinski definition) is 1. The zero-order chi connectivity index (χ0) is 7.47. The third-order valence-corrected chi connectivity index (χ3v) is 4.57. The fourth-order valence-electron chi connectivity index (χ4n) is 4.30. The van der Waals surface area contributed by atoms with Crippen molar-refractivity contribution in [1.82, 2.24) is 0 Å². The molecule has 2 atom stereocenters. The van der Waals surface area contributed by atoms with Gasteiger partial charge in [0.05, 0.1) is 0 Å². The van der Waals surface area contributed by atoms with Crippen molar-refractivity contribution >= 4 is 12.4 Å². The van der Waals surface area contributed by atoms with Gasteiger partial charge in [-0.3, -0.25) is 0 Å². The minimum absolute atomic E-state index is 0. The van der Waals surface area contributed by atoms with E-state index in [1.165, 1.54) is 32.1 Å². The molecule has 2 heteroatoms. The highest BCUT2D eigenvalue weighted by atomic mass is 35.5. The molecule has 4 aliphatic rings. The van der Waals surface area contributed by atoms with Gasteiger partial charge in [0.1, 0.15) is 0 Å². The Bertz CT molecular complexity index is 178. The van der Waals surface area contributed by atoms with Crippen LogP contribution in [0.4, 0.5) is 0 Å². The summed E-state index contributed by atoms with van der Waals surface area (Å²) in [7, 11) is 0. The summed E-state index contributed by atoms with van der Waals surface area (Å²) >= 11 is 0. The molecule has 4 fully saturated rings. The van der Waals surface area contributed by atoms with E-state index in [-0.39, 0.29) is 12.4 Å². The van der Waals surface area contributed by atoms with Crippen molar-refractivity contribution in [3.63, 3.8) is 0 Å². The van der Waals surface area contributed by atoms with Crippen molar-refractivity contribution in [2.24, 2.45) is 28.9 Å². The van der Waals surface area contributed by atoms with E-state index in [9.17, 15) is 0 Å². The molecule has 0 aliphatic heterocycles. The molecule has 0 aromatic rings. The van der Waals surface area contributed by atoms with Crippen molar-refractivity contribution < 1.29 is 0 Å². The summed E-state index contributed by atoms with van der Waals surface area (Å²) in [4.78, 5) is 0. The first kappa shape index (κ1) is 8.83. The molecule has 4 bridgehead atoms. The second-order valence-electron chi connectivity index (χ2n) is 5.11. The highest BCUT2D eigenvalue weighted by Crippen LogP contribution is 2.64. The Morgan fingerprint density at radius 1 is 1.08 bits per heavy atom. The third kappa shape index (κ3) is 0.898. The molecule has 0 aromatic carbocycles. The van der Waals surface area contributed by atoms with Crippen molar-refractivity contribution in [2.45, 2.75) is 32.1 Å². The maximum atomic E-state index is 5.89. The van der Waals surface area contributed by atoms with Crippen LogP contribution in [0.25, 0.3) is 0 Å². The third-order valence-electron chi connectivity index (χ3n) is 4.57. The van der Waals surface area contributed by atoms with Gasteiger partial charge < -0.3 is 5.73 Å². The Labute approximate surface area is 80.5 Å². The summed E-state index contributed by atoms with van der Waals surface area (Å²) in [6, 6.07) is 0. The molecule has 0 aromatic heterocycles. The summed E-state index contributed by atoms with van der Waals surface area (Å²) in [5.74, 6) is 3.20. The first-order valence-corrected chi connectivity index (χ1v) is 5.02. The van der Waals surface area contributed by atoms with Gasteiger partial charge in [-0.2, -0.15) is 0 Å². The number of hydrogen-bond donors (Lipinski definition) is 1. The van der Waals surface area contributed by atoms with Crippen LogP contribution in [-0.2, 0) is 0 Å². The second-order valence-corrected chi connectivity index (χ2v) is 5.11. The molecule has 0 saturated heterocycles. The summed E-state index contributed by atoms with van der Waals surface area (Å²) in [5.41, 5.74) is 6.54. The molecule has 2 N–H and O–H groups in total. The lowest BCUT2D eigenvalue weighted by Gasteiger charge is -2.31. The van der Waals surface area contributed by atoms with Crippen LogP contribution in [0, 0.1) is 23.2 Å². The van der Waals surface area contributed by atoms with E-state index < -0.39 is 0 Å². The van der Waals surface area contributed by atoms with E-state index >= 15 is 0 Å².